The lowest BCUT2D eigenvalue weighted by atomic mass is 9.91. The molecule has 0 saturated carbocycles. The van der Waals surface area contributed by atoms with E-state index in [0.29, 0.717) is 5.57 Å². The second-order valence-electron chi connectivity index (χ2n) is 12.9. The number of allylic oxidation sites excluding steroid dienone is 1. The molecule has 1 aliphatic rings. The van der Waals surface area contributed by atoms with Gasteiger partial charge in [0.15, 0.2) is 12.7 Å². The molecule has 0 unspecified atom stereocenters. The van der Waals surface area contributed by atoms with Crippen LogP contribution < -0.4 is 0 Å². The van der Waals surface area contributed by atoms with Gasteiger partial charge in [-0.05, 0) is 88.2 Å². The molecule has 1 aliphatic heterocycles. The van der Waals surface area contributed by atoms with Crippen molar-refractivity contribution in [1.29, 1.82) is 0 Å². The minimum atomic E-state index is -2.17. The largest absolute Gasteiger partial charge is 0.427 e. The third-order valence-corrected chi connectivity index (χ3v) is 15.9. The van der Waals surface area contributed by atoms with E-state index in [2.05, 4.69) is 33.9 Å². The van der Waals surface area contributed by atoms with Crippen molar-refractivity contribution in [2.24, 2.45) is 11.3 Å². The van der Waals surface area contributed by atoms with Gasteiger partial charge < -0.3 is 13.9 Å². The molecular formula is C29H42N2O6S3Si. The molecule has 0 aliphatic carbocycles. The van der Waals surface area contributed by atoms with Gasteiger partial charge in [-0.15, -0.1) is 11.3 Å². The predicted octanol–water partition coefficient (Wildman–Crippen LogP) is 7.62. The van der Waals surface area contributed by atoms with Gasteiger partial charge in [0.1, 0.15) is 11.1 Å². The summed E-state index contributed by atoms with van der Waals surface area (Å²) in [4.78, 5) is 45.4. The van der Waals surface area contributed by atoms with Crippen LogP contribution in [0.25, 0.3) is 10.2 Å². The van der Waals surface area contributed by atoms with E-state index in [1.807, 2.05) is 31.2 Å². The summed E-state index contributed by atoms with van der Waals surface area (Å²) in [7, 11) is 0.807. The lowest BCUT2D eigenvalue weighted by molar-refractivity contribution is -0.174. The number of hydrogen-bond acceptors (Lipinski definition) is 10. The molecule has 0 N–H and O–H groups in total. The number of para-hydroxylation sites is 1. The molecule has 3 rings (SSSR count). The average Bonchev–Trinajstić information content (AvgIpc) is 3.25. The van der Waals surface area contributed by atoms with E-state index in [9.17, 15) is 14.4 Å². The molecule has 1 aromatic heterocycles. The van der Waals surface area contributed by atoms with E-state index in [0.717, 1.165) is 14.6 Å². The molecule has 2 heterocycles. The minimum absolute atomic E-state index is 0.0223. The van der Waals surface area contributed by atoms with Crippen LogP contribution >= 0.6 is 32.9 Å². The van der Waals surface area contributed by atoms with Crippen LogP contribution in [-0.4, -0.2) is 54.3 Å². The van der Waals surface area contributed by atoms with Crippen molar-refractivity contribution < 1.29 is 28.3 Å². The summed E-state index contributed by atoms with van der Waals surface area (Å²) in [5, 5.41) is -0.417. The average molecular weight is 639 g/mol. The van der Waals surface area contributed by atoms with Crippen molar-refractivity contribution in [2.75, 3.05) is 6.79 Å². The van der Waals surface area contributed by atoms with Crippen LogP contribution in [0.1, 0.15) is 62.3 Å². The second kappa shape index (κ2) is 12.8. The number of rotatable bonds is 10. The number of carbonyl (C=O) groups excluding carboxylic acids is 3. The monoisotopic (exact) mass is 638 g/mol. The Morgan fingerprint density at radius 1 is 1.10 bits per heavy atom. The first kappa shape index (κ1) is 33.6. The van der Waals surface area contributed by atoms with E-state index in [1.165, 1.54) is 26.5 Å². The summed E-state index contributed by atoms with van der Waals surface area (Å²) in [5.74, 6) is -1.86. The maximum Gasteiger partial charge on any atom is 0.357 e. The number of esters is 2. The van der Waals surface area contributed by atoms with Crippen LogP contribution in [0, 0.1) is 11.3 Å². The Balaban J connectivity index is 1.85. The Morgan fingerprint density at radius 3 is 2.29 bits per heavy atom. The van der Waals surface area contributed by atoms with Crippen molar-refractivity contribution >= 4 is 69.3 Å². The molecule has 8 nitrogen and oxygen atoms in total. The topological polar surface area (TPSA) is 95.0 Å². The summed E-state index contributed by atoms with van der Waals surface area (Å²) in [5.41, 5.74) is 0.968. The van der Waals surface area contributed by atoms with Gasteiger partial charge in [-0.25, -0.2) is 9.78 Å². The number of β-lactam (4-membered cyclic amide) rings is 1. The predicted molar refractivity (Wildman–Crippen MR) is 170 cm³/mol. The molecule has 226 valence electrons. The lowest BCUT2D eigenvalue weighted by Crippen LogP contribution is -2.64. The number of hydrogen-bond donors (Lipinski definition) is 0. The fourth-order valence-corrected chi connectivity index (χ4v) is 9.45. The zero-order chi connectivity index (χ0) is 30.9. The Labute approximate surface area is 256 Å². The van der Waals surface area contributed by atoms with Gasteiger partial charge >= 0.3 is 11.9 Å². The minimum Gasteiger partial charge on any atom is -0.427 e. The first-order valence-corrected chi connectivity index (χ1v) is 19.5. The molecule has 0 radical (unpaired) electrons. The van der Waals surface area contributed by atoms with Gasteiger partial charge in [-0.1, -0.05) is 43.7 Å². The molecule has 0 spiro atoms. The standard InChI is InChI=1S/C29H42N2O6S3Si/c1-17(2)22(25(33)35-16-36-26(34)28(4,5)6)31-23(32)21(18(3)37-41(10,11)29(7,8)9)24(31)39-40-27-30-19-14-12-13-15-20(19)38-27/h12-15,18,21,24H,16H2,1-11H3/t18-,21-,24-/m1/s1. The van der Waals surface area contributed by atoms with Gasteiger partial charge in [0, 0.05) is 0 Å². The van der Waals surface area contributed by atoms with E-state index >= 15 is 0 Å². The highest BCUT2D eigenvalue weighted by molar-refractivity contribution is 8.77. The Morgan fingerprint density at radius 2 is 1.73 bits per heavy atom. The zero-order valence-corrected chi connectivity index (χ0v) is 29.3. The van der Waals surface area contributed by atoms with Crippen LogP contribution in [0.3, 0.4) is 0 Å². The Kier molecular flexibility index (Phi) is 10.5. The molecule has 12 heteroatoms. The molecule has 1 amide bonds. The zero-order valence-electron chi connectivity index (χ0n) is 25.8. The number of carbonyl (C=O) groups is 3. The second-order valence-corrected chi connectivity index (χ2v) is 21.3. The SMILES string of the molecule is CC(C)=C(C(=O)OCOC(=O)C(C)(C)C)N1C(=O)[C@@H]([C@@H](C)O[Si](C)(C)C(C)(C)C)[C@H]1SSc1nc2ccccc2s1. The number of fused-ring (bicyclic) bond motifs is 1. The van der Waals surface area contributed by atoms with E-state index < -0.39 is 43.8 Å². The van der Waals surface area contributed by atoms with Crippen molar-refractivity contribution in [1.82, 2.24) is 9.88 Å². The van der Waals surface area contributed by atoms with Crippen LogP contribution in [0.4, 0.5) is 0 Å². The fraction of sp³-hybridized carbons (Fsp3) is 0.586. The number of amides is 1. The van der Waals surface area contributed by atoms with Crippen molar-refractivity contribution in [3.63, 3.8) is 0 Å². The van der Waals surface area contributed by atoms with Crippen LogP contribution in [0.5, 0.6) is 0 Å². The highest BCUT2D eigenvalue weighted by Gasteiger charge is 2.55. The Hall–Kier alpha value is -1.86. The number of thiazole rings is 1. The molecule has 1 fully saturated rings. The maximum atomic E-state index is 13.8. The first-order chi connectivity index (χ1) is 18.8. The smallest absolute Gasteiger partial charge is 0.357 e. The van der Waals surface area contributed by atoms with E-state index in [4.69, 9.17) is 18.9 Å². The van der Waals surface area contributed by atoms with Gasteiger partial charge in [0.25, 0.3) is 0 Å². The number of nitrogens with zero attached hydrogens (tertiary/aromatic N) is 2. The quantitative estimate of drug-likeness (QED) is 0.0650. The first-order valence-electron chi connectivity index (χ1n) is 13.6. The summed E-state index contributed by atoms with van der Waals surface area (Å²) in [6, 6.07) is 7.94. The number of likely N-dealkylation sites (tertiary alicyclic amines) is 1. The molecule has 2 aromatic rings. The van der Waals surface area contributed by atoms with Gasteiger partial charge in [0.05, 0.1) is 27.7 Å². The molecule has 0 bridgehead atoms. The number of benzene rings is 1. The summed E-state index contributed by atoms with van der Waals surface area (Å²) < 4.78 is 19.1. The highest BCUT2D eigenvalue weighted by Crippen LogP contribution is 2.50. The number of ether oxygens (including phenoxy) is 2. The normalized spacial score (nSPS) is 18.6. The maximum absolute atomic E-state index is 13.8. The summed E-state index contributed by atoms with van der Waals surface area (Å²) in [6.07, 6.45) is -0.352. The fourth-order valence-electron chi connectivity index (χ4n) is 3.92. The van der Waals surface area contributed by atoms with Crippen molar-refractivity contribution in [2.45, 2.75) is 96.3 Å². The Bertz CT molecular complexity index is 1290. The van der Waals surface area contributed by atoms with Crippen LogP contribution in [-0.2, 0) is 28.3 Å². The third kappa shape index (κ3) is 7.75. The van der Waals surface area contributed by atoms with Gasteiger partial charge in [-0.2, -0.15) is 0 Å². The van der Waals surface area contributed by atoms with Gasteiger partial charge in [0.2, 0.25) is 12.7 Å². The summed E-state index contributed by atoms with van der Waals surface area (Å²) >= 11 is 1.59. The van der Waals surface area contributed by atoms with Crippen molar-refractivity contribution in [3.05, 3.63) is 35.5 Å². The van der Waals surface area contributed by atoms with Crippen LogP contribution in [0.2, 0.25) is 18.1 Å². The third-order valence-electron chi connectivity index (χ3n) is 7.27. The molecule has 1 aromatic carbocycles. The van der Waals surface area contributed by atoms with Crippen molar-refractivity contribution in [3.8, 4) is 0 Å². The summed E-state index contributed by atoms with van der Waals surface area (Å²) in [6.45, 7) is 20.9. The number of aromatic nitrogens is 1. The van der Waals surface area contributed by atoms with Gasteiger partial charge in [-0.3, -0.25) is 14.5 Å². The van der Waals surface area contributed by atoms with Crippen LogP contribution in [0.15, 0.2) is 39.9 Å². The highest BCUT2D eigenvalue weighted by atomic mass is 33.1. The molecule has 3 atom stereocenters. The molecule has 41 heavy (non-hydrogen) atoms. The molecular weight excluding hydrogens is 597 g/mol. The van der Waals surface area contributed by atoms with E-state index in [1.54, 1.807) is 46.0 Å². The lowest BCUT2D eigenvalue weighted by Gasteiger charge is -2.50. The molecule has 1 saturated heterocycles. The van der Waals surface area contributed by atoms with E-state index in [-0.39, 0.29) is 22.7 Å².